The molecule has 0 bridgehead atoms. The highest BCUT2D eigenvalue weighted by atomic mass is 16.2. The molecule has 3 heterocycles. The Morgan fingerprint density at radius 1 is 1.09 bits per heavy atom. The molecule has 10 nitrogen and oxygen atoms in total. The first-order chi connectivity index (χ1) is 16.5. The van der Waals surface area contributed by atoms with E-state index in [4.69, 9.17) is 0 Å². The van der Waals surface area contributed by atoms with Crippen molar-refractivity contribution in [2.45, 2.75) is 39.4 Å². The molecular formula is C24H33N7O3. The largest absolute Gasteiger partial charge is 0.351 e. The Bertz CT molecular complexity index is 1240. The number of fused-ring (bicyclic) bond motifs is 1. The summed E-state index contributed by atoms with van der Waals surface area (Å²) in [6.07, 6.45) is 1.79. The standard InChI is InChI=1S/C24H33N7O3/c1-3-4-10-31-22-21(23(33)27-24(31)34)28(2)19(26-22)16-29-11-13-30(14-12-29)17-20(32)25-15-18-8-6-5-7-9-18/h5-9H,3-4,10-17H2,1-2H3,(H,25,32)(H,27,33,34). The van der Waals surface area contributed by atoms with Crippen LogP contribution in [0.4, 0.5) is 0 Å². The van der Waals surface area contributed by atoms with Crippen LogP contribution in [-0.4, -0.2) is 67.5 Å². The Kier molecular flexibility index (Phi) is 7.59. The van der Waals surface area contributed by atoms with E-state index in [1.54, 1.807) is 9.13 Å². The first-order valence-corrected chi connectivity index (χ1v) is 11.9. The molecule has 3 aromatic rings. The molecule has 1 amide bonds. The molecule has 2 N–H and O–H groups in total. The van der Waals surface area contributed by atoms with Gasteiger partial charge >= 0.3 is 5.69 Å². The molecule has 0 spiro atoms. The van der Waals surface area contributed by atoms with Crippen LogP contribution in [0, 0.1) is 0 Å². The van der Waals surface area contributed by atoms with Crippen LogP contribution in [0.1, 0.15) is 31.2 Å². The Balaban J connectivity index is 1.35. The van der Waals surface area contributed by atoms with Crippen LogP contribution in [0.5, 0.6) is 0 Å². The lowest BCUT2D eigenvalue weighted by molar-refractivity contribution is -0.122. The zero-order chi connectivity index (χ0) is 24.1. The minimum absolute atomic E-state index is 0.0249. The smallest absolute Gasteiger partial charge is 0.330 e. The second kappa shape index (κ2) is 10.8. The maximum Gasteiger partial charge on any atom is 0.330 e. The summed E-state index contributed by atoms with van der Waals surface area (Å²) in [4.78, 5) is 48.6. The lowest BCUT2D eigenvalue weighted by Gasteiger charge is -2.34. The molecule has 0 radical (unpaired) electrons. The number of amides is 1. The number of aromatic amines is 1. The van der Waals surface area contributed by atoms with Crippen LogP contribution < -0.4 is 16.6 Å². The van der Waals surface area contributed by atoms with Gasteiger partial charge in [0.1, 0.15) is 5.82 Å². The zero-order valence-electron chi connectivity index (χ0n) is 19.9. The fourth-order valence-electron chi connectivity index (χ4n) is 4.32. The molecule has 1 aliphatic heterocycles. The van der Waals surface area contributed by atoms with E-state index >= 15 is 0 Å². The molecule has 0 saturated carbocycles. The van der Waals surface area contributed by atoms with Crippen LogP contribution in [0.25, 0.3) is 11.2 Å². The van der Waals surface area contributed by atoms with Gasteiger partial charge in [0.15, 0.2) is 11.2 Å². The molecular weight excluding hydrogens is 434 g/mol. The molecule has 10 heteroatoms. The number of benzene rings is 1. The van der Waals surface area contributed by atoms with Gasteiger partial charge in [-0.25, -0.2) is 9.78 Å². The molecule has 2 aromatic heterocycles. The van der Waals surface area contributed by atoms with Gasteiger partial charge in [0, 0.05) is 46.3 Å². The van der Waals surface area contributed by atoms with E-state index in [-0.39, 0.29) is 5.91 Å². The summed E-state index contributed by atoms with van der Waals surface area (Å²) in [5.74, 6) is 0.780. The molecule has 1 aliphatic rings. The number of aromatic nitrogens is 4. The number of unbranched alkanes of at least 4 members (excludes halogenated alkanes) is 1. The molecule has 0 atom stereocenters. The van der Waals surface area contributed by atoms with Gasteiger partial charge in [0.2, 0.25) is 5.91 Å². The fraction of sp³-hybridized carbons (Fsp3) is 0.500. The summed E-state index contributed by atoms with van der Waals surface area (Å²) in [6, 6.07) is 9.88. The number of carbonyl (C=O) groups excluding carboxylic acids is 1. The van der Waals surface area contributed by atoms with Gasteiger partial charge in [-0.3, -0.25) is 28.9 Å². The van der Waals surface area contributed by atoms with Gasteiger partial charge in [-0.05, 0) is 12.0 Å². The quantitative estimate of drug-likeness (QED) is 0.479. The third-order valence-corrected chi connectivity index (χ3v) is 6.37. The van der Waals surface area contributed by atoms with Crippen molar-refractivity contribution in [2.24, 2.45) is 7.05 Å². The number of hydrogen-bond donors (Lipinski definition) is 2. The van der Waals surface area contributed by atoms with Gasteiger partial charge in [-0.1, -0.05) is 43.7 Å². The van der Waals surface area contributed by atoms with Gasteiger partial charge in [-0.15, -0.1) is 0 Å². The number of nitrogens with zero attached hydrogens (tertiary/aromatic N) is 5. The highest BCUT2D eigenvalue weighted by Crippen LogP contribution is 2.13. The second-order valence-electron chi connectivity index (χ2n) is 8.84. The lowest BCUT2D eigenvalue weighted by Crippen LogP contribution is -2.49. The monoisotopic (exact) mass is 467 g/mol. The van der Waals surface area contributed by atoms with Crippen LogP contribution in [-0.2, 0) is 31.5 Å². The summed E-state index contributed by atoms with van der Waals surface area (Å²) < 4.78 is 3.36. The van der Waals surface area contributed by atoms with Gasteiger partial charge < -0.3 is 9.88 Å². The number of H-pyrrole nitrogens is 1. The maximum absolute atomic E-state index is 12.5. The second-order valence-corrected chi connectivity index (χ2v) is 8.84. The van der Waals surface area contributed by atoms with E-state index < -0.39 is 11.2 Å². The Labute approximate surface area is 198 Å². The van der Waals surface area contributed by atoms with Crippen molar-refractivity contribution in [3.05, 3.63) is 62.6 Å². The highest BCUT2D eigenvalue weighted by Gasteiger charge is 2.22. The van der Waals surface area contributed by atoms with E-state index in [0.717, 1.165) is 50.4 Å². The Hall–Kier alpha value is -3.24. The maximum atomic E-state index is 12.5. The van der Waals surface area contributed by atoms with E-state index in [9.17, 15) is 14.4 Å². The predicted molar refractivity (Wildman–Crippen MR) is 131 cm³/mol. The summed E-state index contributed by atoms with van der Waals surface area (Å²) in [6.45, 7) is 7.26. The number of rotatable bonds is 9. The van der Waals surface area contributed by atoms with Gasteiger partial charge in [0.25, 0.3) is 5.56 Å². The van der Waals surface area contributed by atoms with E-state index in [0.29, 0.717) is 37.3 Å². The van der Waals surface area contributed by atoms with Crippen molar-refractivity contribution in [3.8, 4) is 0 Å². The van der Waals surface area contributed by atoms with E-state index in [1.807, 2.05) is 37.4 Å². The number of imidazole rings is 1. The van der Waals surface area contributed by atoms with Crippen molar-refractivity contribution in [1.29, 1.82) is 0 Å². The third-order valence-electron chi connectivity index (χ3n) is 6.37. The van der Waals surface area contributed by atoms with Crippen molar-refractivity contribution in [1.82, 2.24) is 34.2 Å². The van der Waals surface area contributed by atoms with Crippen molar-refractivity contribution in [2.75, 3.05) is 32.7 Å². The molecule has 182 valence electrons. The van der Waals surface area contributed by atoms with Gasteiger partial charge in [0.05, 0.1) is 13.1 Å². The average Bonchev–Trinajstić information content (AvgIpc) is 3.15. The Morgan fingerprint density at radius 2 is 1.79 bits per heavy atom. The number of hydrogen-bond acceptors (Lipinski definition) is 6. The van der Waals surface area contributed by atoms with Crippen LogP contribution in [0.2, 0.25) is 0 Å². The average molecular weight is 468 g/mol. The van der Waals surface area contributed by atoms with Crippen molar-refractivity contribution >= 4 is 17.1 Å². The first-order valence-electron chi connectivity index (χ1n) is 11.9. The number of carbonyl (C=O) groups is 1. The first kappa shape index (κ1) is 23.9. The van der Waals surface area contributed by atoms with Crippen LogP contribution in [0.15, 0.2) is 39.9 Å². The molecule has 34 heavy (non-hydrogen) atoms. The normalized spacial score (nSPS) is 15.1. The number of piperazine rings is 1. The summed E-state index contributed by atoms with van der Waals surface area (Å²) >= 11 is 0. The van der Waals surface area contributed by atoms with Crippen LogP contribution >= 0.6 is 0 Å². The fourth-order valence-corrected chi connectivity index (χ4v) is 4.32. The van der Waals surface area contributed by atoms with Crippen molar-refractivity contribution < 1.29 is 4.79 Å². The predicted octanol–water partition coefficient (Wildman–Crippen LogP) is 0.657. The summed E-state index contributed by atoms with van der Waals surface area (Å²) in [5, 5.41) is 2.98. The summed E-state index contributed by atoms with van der Waals surface area (Å²) in [7, 11) is 1.82. The molecule has 0 aliphatic carbocycles. The third kappa shape index (κ3) is 5.45. The molecule has 4 rings (SSSR count). The highest BCUT2D eigenvalue weighted by molar-refractivity contribution is 5.78. The molecule has 0 unspecified atom stereocenters. The lowest BCUT2D eigenvalue weighted by atomic mass is 10.2. The van der Waals surface area contributed by atoms with Crippen molar-refractivity contribution in [3.63, 3.8) is 0 Å². The Morgan fingerprint density at radius 3 is 2.50 bits per heavy atom. The number of nitrogens with one attached hydrogen (secondary N) is 2. The van der Waals surface area contributed by atoms with E-state index in [1.165, 1.54) is 0 Å². The topological polar surface area (TPSA) is 108 Å². The minimum atomic E-state index is -0.408. The van der Waals surface area contributed by atoms with E-state index in [2.05, 4.69) is 32.0 Å². The van der Waals surface area contributed by atoms with Crippen LogP contribution in [0.3, 0.4) is 0 Å². The number of aryl methyl sites for hydroxylation is 2. The minimum Gasteiger partial charge on any atom is -0.351 e. The molecule has 1 saturated heterocycles. The SMILES string of the molecule is CCCCn1c(=O)[nH]c(=O)c2c1nc(CN1CCN(CC(=O)NCc3ccccc3)CC1)n2C. The molecule has 1 fully saturated rings. The van der Waals surface area contributed by atoms with Gasteiger partial charge in [-0.2, -0.15) is 0 Å². The molecule has 1 aromatic carbocycles. The summed E-state index contributed by atoms with van der Waals surface area (Å²) in [5.41, 5.74) is 1.16. The zero-order valence-corrected chi connectivity index (χ0v) is 19.9.